The lowest BCUT2D eigenvalue weighted by atomic mass is 10.2. The Balaban J connectivity index is 2.03. The predicted molar refractivity (Wildman–Crippen MR) is 83.1 cm³/mol. The van der Waals surface area contributed by atoms with Gasteiger partial charge in [0.1, 0.15) is 0 Å². The van der Waals surface area contributed by atoms with Crippen LogP contribution in [-0.2, 0) is 12.6 Å². The molecule has 0 spiro atoms. The summed E-state index contributed by atoms with van der Waals surface area (Å²) in [6.07, 6.45) is 0. The van der Waals surface area contributed by atoms with Gasteiger partial charge in [-0.2, -0.15) is 4.90 Å². The Hall–Kier alpha value is -1.65. The summed E-state index contributed by atoms with van der Waals surface area (Å²) in [6, 6.07) is 15.6. The summed E-state index contributed by atoms with van der Waals surface area (Å²) in [5.74, 6) is 0. The minimum Gasteiger partial charge on any atom is -0.778 e. The molecule has 0 radical (unpaired) electrons. The minimum atomic E-state index is 0.540. The van der Waals surface area contributed by atoms with Gasteiger partial charge in [-0.1, -0.05) is 30.3 Å². The molecule has 0 aliphatic carbocycles. The van der Waals surface area contributed by atoms with Crippen molar-refractivity contribution in [2.24, 2.45) is 0 Å². The van der Waals surface area contributed by atoms with Crippen molar-refractivity contribution in [1.29, 1.82) is 0 Å². The zero-order valence-electron chi connectivity index (χ0n) is 9.94. The maximum atomic E-state index is 5.25. The van der Waals surface area contributed by atoms with Crippen LogP contribution in [0.5, 0.6) is 0 Å². The second kappa shape index (κ2) is 5.80. The van der Waals surface area contributed by atoms with Crippen LogP contribution < -0.4 is 10.6 Å². The quantitative estimate of drug-likeness (QED) is 0.643. The SMILES string of the molecule is Cc1cccc(NC(=S)Nc2ccccc2[S-])c1. The van der Waals surface area contributed by atoms with Crippen molar-refractivity contribution in [3.05, 3.63) is 54.1 Å². The third-order valence-corrected chi connectivity index (χ3v) is 2.97. The molecule has 0 unspecified atom stereocenters. The monoisotopic (exact) mass is 273 g/mol. The number of anilines is 2. The Labute approximate surface area is 118 Å². The van der Waals surface area contributed by atoms with E-state index in [1.54, 1.807) is 0 Å². The van der Waals surface area contributed by atoms with Gasteiger partial charge in [-0.15, -0.1) is 0 Å². The molecule has 2 aromatic rings. The molecule has 2 nitrogen and oxygen atoms in total. The standard InChI is InChI=1S/C14H14N2S2/c1-10-5-4-6-11(9-10)15-14(18)16-12-7-2-3-8-13(12)17/h2-9,17H,1H3,(H2,15,16,18)/p-1. The van der Waals surface area contributed by atoms with E-state index in [0.717, 1.165) is 16.3 Å². The number of hydrogen-bond acceptors (Lipinski definition) is 2. The molecule has 2 N–H and O–H groups in total. The molecule has 2 aromatic carbocycles. The first kappa shape index (κ1) is 12.8. The summed E-state index contributed by atoms with van der Waals surface area (Å²) in [7, 11) is 0. The van der Waals surface area contributed by atoms with Crippen molar-refractivity contribution in [3.63, 3.8) is 0 Å². The fraction of sp³-hybridized carbons (Fsp3) is 0.0714. The Morgan fingerprint density at radius 1 is 1.06 bits per heavy atom. The first-order valence-corrected chi connectivity index (χ1v) is 6.37. The van der Waals surface area contributed by atoms with Crippen molar-refractivity contribution < 1.29 is 0 Å². The van der Waals surface area contributed by atoms with Crippen LogP contribution in [0.15, 0.2) is 53.4 Å². The Bertz CT molecular complexity index is 567. The van der Waals surface area contributed by atoms with Crippen LogP contribution in [0, 0.1) is 6.92 Å². The maximum Gasteiger partial charge on any atom is 0.175 e. The van der Waals surface area contributed by atoms with Crippen molar-refractivity contribution in [3.8, 4) is 0 Å². The second-order valence-corrected chi connectivity index (χ2v) is 4.79. The molecule has 0 amide bonds. The minimum absolute atomic E-state index is 0.540. The Morgan fingerprint density at radius 3 is 2.56 bits per heavy atom. The number of benzene rings is 2. The molecule has 0 fully saturated rings. The smallest absolute Gasteiger partial charge is 0.175 e. The fourth-order valence-corrected chi connectivity index (χ4v) is 2.00. The van der Waals surface area contributed by atoms with Crippen LogP contribution in [0.4, 0.5) is 11.4 Å². The lowest BCUT2D eigenvalue weighted by molar-refractivity contribution is 1.44. The number of nitrogens with one attached hydrogen (secondary N) is 2. The second-order valence-electron chi connectivity index (χ2n) is 3.94. The van der Waals surface area contributed by atoms with Gasteiger partial charge in [-0.05, 0) is 42.9 Å². The average Bonchev–Trinajstić information content (AvgIpc) is 2.32. The van der Waals surface area contributed by atoms with Gasteiger partial charge in [-0.3, -0.25) is 0 Å². The number of rotatable bonds is 2. The summed E-state index contributed by atoms with van der Waals surface area (Å²) < 4.78 is 0. The number of aryl methyl sites for hydroxylation is 1. The molecule has 0 heterocycles. The summed E-state index contributed by atoms with van der Waals surface area (Å²) in [5.41, 5.74) is 3.00. The largest absolute Gasteiger partial charge is 0.778 e. The molecule has 0 aromatic heterocycles. The topological polar surface area (TPSA) is 24.1 Å². The van der Waals surface area contributed by atoms with Crippen molar-refractivity contribution >= 4 is 41.3 Å². The lowest BCUT2D eigenvalue weighted by Gasteiger charge is -2.16. The van der Waals surface area contributed by atoms with Gasteiger partial charge in [0, 0.05) is 11.4 Å². The van der Waals surface area contributed by atoms with Gasteiger partial charge in [0.05, 0.1) is 0 Å². The van der Waals surface area contributed by atoms with E-state index in [9.17, 15) is 0 Å². The van der Waals surface area contributed by atoms with E-state index >= 15 is 0 Å². The number of para-hydroxylation sites is 1. The van der Waals surface area contributed by atoms with Gasteiger partial charge in [0.2, 0.25) is 0 Å². The molecule has 0 saturated heterocycles. The summed E-state index contributed by atoms with van der Waals surface area (Å²) in [5, 5.41) is 6.77. The maximum absolute atomic E-state index is 5.25. The molecule has 0 saturated carbocycles. The van der Waals surface area contributed by atoms with E-state index in [1.807, 2.05) is 55.5 Å². The molecule has 92 valence electrons. The van der Waals surface area contributed by atoms with Crippen LogP contribution >= 0.6 is 12.2 Å². The van der Waals surface area contributed by atoms with E-state index in [2.05, 4.69) is 10.6 Å². The van der Waals surface area contributed by atoms with E-state index in [1.165, 1.54) is 5.56 Å². The molecule has 2 rings (SSSR count). The van der Waals surface area contributed by atoms with Gasteiger partial charge in [0.15, 0.2) is 5.11 Å². The van der Waals surface area contributed by atoms with Crippen LogP contribution in [-0.4, -0.2) is 5.11 Å². The van der Waals surface area contributed by atoms with Gasteiger partial charge < -0.3 is 23.3 Å². The Morgan fingerprint density at radius 2 is 1.83 bits per heavy atom. The highest BCUT2D eigenvalue weighted by molar-refractivity contribution is 7.80. The molecule has 18 heavy (non-hydrogen) atoms. The van der Waals surface area contributed by atoms with E-state index < -0.39 is 0 Å². The molecular weight excluding hydrogens is 260 g/mol. The van der Waals surface area contributed by atoms with Crippen LogP contribution in [0.25, 0.3) is 0 Å². The molecular formula is C14H13N2S2-. The zero-order valence-corrected chi connectivity index (χ0v) is 11.6. The Kier molecular flexibility index (Phi) is 4.12. The lowest BCUT2D eigenvalue weighted by Crippen LogP contribution is -2.19. The summed E-state index contributed by atoms with van der Waals surface area (Å²) >= 11 is 10.5. The normalized spacial score (nSPS) is 9.83. The fourth-order valence-electron chi connectivity index (χ4n) is 1.58. The number of thiocarbonyl (C=S) groups is 1. The van der Waals surface area contributed by atoms with Crippen LogP contribution in [0.2, 0.25) is 0 Å². The molecule has 0 aliphatic rings. The average molecular weight is 273 g/mol. The van der Waals surface area contributed by atoms with E-state index in [4.69, 9.17) is 24.8 Å². The van der Waals surface area contributed by atoms with Crippen LogP contribution in [0.3, 0.4) is 0 Å². The molecule has 0 bridgehead atoms. The first-order valence-electron chi connectivity index (χ1n) is 5.56. The van der Waals surface area contributed by atoms with Gasteiger partial charge in [-0.25, -0.2) is 0 Å². The predicted octanol–water partition coefficient (Wildman–Crippen LogP) is 3.71. The highest BCUT2D eigenvalue weighted by Crippen LogP contribution is 2.15. The molecule has 0 atom stereocenters. The van der Waals surface area contributed by atoms with Gasteiger partial charge in [0.25, 0.3) is 0 Å². The third-order valence-electron chi connectivity index (χ3n) is 2.41. The molecule has 4 heteroatoms. The first-order chi connectivity index (χ1) is 8.65. The van der Waals surface area contributed by atoms with E-state index in [-0.39, 0.29) is 0 Å². The van der Waals surface area contributed by atoms with Crippen molar-refractivity contribution in [1.82, 2.24) is 0 Å². The third kappa shape index (κ3) is 3.42. The highest BCUT2D eigenvalue weighted by Gasteiger charge is 1.98. The molecule has 0 aliphatic heterocycles. The van der Waals surface area contributed by atoms with E-state index in [0.29, 0.717) is 5.11 Å². The highest BCUT2D eigenvalue weighted by atomic mass is 32.1. The number of hydrogen-bond donors (Lipinski definition) is 2. The van der Waals surface area contributed by atoms with Crippen molar-refractivity contribution in [2.45, 2.75) is 11.8 Å². The summed E-state index contributed by atoms with van der Waals surface area (Å²) in [6.45, 7) is 2.04. The summed E-state index contributed by atoms with van der Waals surface area (Å²) in [4.78, 5) is 0.755. The van der Waals surface area contributed by atoms with Crippen LogP contribution in [0.1, 0.15) is 5.56 Å². The van der Waals surface area contributed by atoms with Gasteiger partial charge >= 0.3 is 0 Å². The van der Waals surface area contributed by atoms with Crippen molar-refractivity contribution in [2.75, 3.05) is 10.6 Å². The zero-order chi connectivity index (χ0) is 13.0.